The monoisotopic (exact) mass is 254 g/mol. The average molecular weight is 254 g/mol. The fourth-order valence-electron chi connectivity index (χ4n) is 1.83. The van der Waals surface area contributed by atoms with E-state index in [2.05, 4.69) is 10.3 Å². The highest BCUT2D eigenvalue weighted by Crippen LogP contribution is 2.24. The van der Waals surface area contributed by atoms with E-state index in [0.717, 1.165) is 16.7 Å². The van der Waals surface area contributed by atoms with Gasteiger partial charge in [-0.2, -0.15) is 0 Å². The summed E-state index contributed by atoms with van der Waals surface area (Å²) in [7, 11) is 0. The Kier molecular flexibility index (Phi) is 2.64. The van der Waals surface area contributed by atoms with Gasteiger partial charge in [0.1, 0.15) is 11.4 Å². The summed E-state index contributed by atoms with van der Waals surface area (Å²) in [6.45, 7) is 0. The first kappa shape index (κ1) is 11.3. The molecule has 0 saturated heterocycles. The first-order chi connectivity index (χ1) is 9.24. The molecule has 2 aromatic heterocycles. The Labute approximate surface area is 108 Å². The molecule has 1 aromatic carbocycles. The normalized spacial score (nSPS) is 10.5. The summed E-state index contributed by atoms with van der Waals surface area (Å²) in [6.07, 6.45) is 3.25. The van der Waals surface area contributed by atoms with Crippen LogP contribution in [0.25, 0.3) is 11.0 Å². The lowest BCUT2D eigenvalue weighted by Gasteiger charge is -2.06. The van der Waals surface area contributed by atoms with Crippen LogP contribution in [0.2, 0.25) is 0 Å². The van der Waals surface area contributed by atoms with E-state index < -0.39 is 5.97 Å². The number of carboxylic acids is 1. The number of pyridine rings is 1. The number of carbonyl (C=O) groups is 1. The number of aromatic nitrogens is 1. The molecule has 3 rings (SSSR count). The van der Waals surface area contributed by atoms with Gasteiger partial charge in [-0.05, 0) is 36.4 Å². The van der Waals surface area contributed by atoms with Gasteiger partial charge in [0.2, 0.25) is 0 Å². The van der Waals surface area contributed by atoms with Gasteiger partial charge in [-0.3, -0.25) is 0 Å². The number of nitrogens with one attached hydrogen (secondary N) is 1. The van der Waals surface area contributed by atoms with Crippen LogP contribution in [0.3, 0.4) is 0 Å². The van der Waals surface area contributed by atoms with Crippen molar-refractivity contribution in [2.24, 2.45) is 0 Å². The molecule has 0 spiro atoms. The van der Waals surface area contributed by atoms with Gasteiger partial charge >= 0.3 is 5.97 Å². The molecule has 2 N–H and O–H groups in total. The van der Waals surface area contributed by atoms with E-state index in [0.29, 0.717) is 5.82 Å². The summed E-state index contributed by atoms with van der Waals surface area (Å²) in [5.74, 6) is -0.268. The fraction of sp³-hybridized carbons (Fsp3) is 0. The number of benzene rings is 1. The van der Waals surface area contributed by atoms with E-state index in [1.165, 1.54) is 0 Å². The Morgan fingerprint density at radius 3 is 2.68 bits per heavy atom. The predicted octanol–water partition coefficient (Wildman–Crippen LogP) is 3.27. The highest BCUT2D eigenvalue weighted by Gasteiger charge is 2.06. The highest BCUT2D eigenvalue weighted by molar-refractivity contribution is 5.91. The van der Waals surface area contributed by atoms with Crippen molar-refractivity contribution in [3.8, 4) is 0 Å². The second-order valence-corrected chi connectivity index (χ2v) is 4.00. The molecule has 0 aliphatic rings. The van der Waals surface area contributed by atoms with Crippen molar-refractivity contribution >= 4 is 28.4 Å². The Bertz CT molecular complexity index is 732. The molecule has 94 valence electrons. The molecule has 19 heavy (non-hydrogen) atoms. The van der Waals surface area contributed by atoms with Crippen LogP contribution in [0.15, 0.2) is 53.3 Å². The zero-order valence-electron chi connectivity index (χ0n) is 9.83. The van der Waals surface area contributed by atoms with Gasteiger partial charge < -0.3 is 14.8 Å². The van der Waals surface area contributed by atoms with E-state index >= 15 is 0 Å². The minimum atomic E-state index is -0.943. The van der Waals surface area contributed by atoms with Crippen molar-refractivity contribution < 1.29 is 14.3 Å². The third-order valence-electron chi connectivity index (χ3n) is 2.77. The number of carboxylic acid groups (broad SMARTS) is 1. The molecule has 5 nitrogen and oxygen atoms in total. The van der Waals surface area contributed by atoms with Gasteiger partial charge in [0.15, 0.2) is 0 Å². The molecule has 5 heteroatoms. The summed E-state index contributed by atoms with van der Waals surface area (Å²) >= 11 is 0. The standard InChI is InChI=1S/C14H10N2O3/c17-14(18)9-1-3-10(4-2-9)16-13-11-6-8-19-12(11)5-7-15-13/h1-8H,(H,15,16)(H,17,18). The van der Waals surface area contributed by atoms with Crippen LogP contribution in [0.4, 0.5) is 11.5 Å². The van der Waals surface area contributed by atoms with Gasteiger partial charge in [0.05, 0.1) is 17.2 Å². The summed E-state index contributed by atoms with van der Waals surface area (Å²) < 4.78 is 5.29. The topological polar surface area (TPSA) is 75.4 Å². The SMILES string of the molecule is O=C(O)c1ccc(Nc2nccc3occc23)cc1. The smallest absolute Gasteiger partial charge is 0.335 e. The number of rotatable bonds is 3. The van der Waals surface area contributed by atoms with Crippen LogP contribution in [-0.4, -0.2) is 16.1 Å². The third-order valence-corrected chi connectivity index (χ3v) is 2.77. The maximum Gasteiger partial charge on any atom is 0.335 e. The van der Waals surface area contributed by atoms with Gasteiger partial charge in [-0.15, -0.1) is 0 Å². The van der Waals surface area contributed by atoms with Crippen LogP contribution in [-0.2, 0) is 0 Å². The molecule has 2 heterocycles. The molecule has 3 aromatic rings. The van der Waals surface area contributed by atoms with Crippen LogP contribution in [0, 0.1) is 0 Å². The first-order valence-corrected chi connectivity index (χ1v) is 5.66. The van der Waals surface area contributed by atoms with Crippen LogP contribution in [0.5, 0.6) is 0 Å². The average Bonchev–Trinajstić information content (AvgIpc) is 2.89. The number of aromatic carboxylic acids is 1. The summed E-state index contributed by atoms with van der Waals surface area (Å²) in [6, 6.07) is 10.1. The molecule has 0 bridgehead atoms. The Hall–Kier alpha value is -2.82. The molecule has 0 saturated carbocycles. The summed E-state index contributed by atoms with van der Waals surface area (Å²) in [4.78, 5) is 15.0. The van der Waals surface area contributed by atoms with E-state index in [-0.39, 0.29) is 5.56 Å². The van der Waals surface area contributed by atoms with Crippen molar-refractivity contribution in [2.45, 2.75) is 0 Å². The Balaban J connectivity index is 1.92. The number of anilines is 2. The summed E-state index contributed by atoms with van der Waals surface area (Å²) in [5.41, 5.74) is 1.77. The second-order valence-electron chi connectivity index (χ2n) is 4.00. The number of furan rings is 1. The lowest BCUT2D eigenvalue weighted by atomic mass is 10.2. The molecule has 0 aliphatic heterocycles. The minimum Gasteiger partial charge on any atom is -0.478 e. The molecule has 0 atom stereocenters. The minimum absolute atomic E-state index is 0.250. The molecule has 0 radical (unpaired) electrons. The van der Waals surface area contributed by atoms with Gasteiger partial charge in [0.25, 0.3) is 0 Å². The zero-order valence-corrected chi connectivity index (χ0v) is 9.83. The number of nitrogens with zero attached hydrogens (tertiary/aromatic N) is 1. The first-order valence-electron chi connectivity index (χ1n) is 5.66. The summed E-state index contributed by atoms with van der Waals surface area (Å²) in [5, 5.41) is 12.8. The maximum absolute atomic E-state index is 10.8. The van der Waals surface area contributed by atoms with E-state index in [9.17, 15) is 4.79 Å². The fourth-order valence-corrected chi connectivity index (χ4v) is 1.83. The predicted molar refractivity (Wildman–Crippen MR) is 70.7 cm³/mol. The van der Waals surface area contributed by atoms with Gasteiger partial charge in [0, 0.05) is 11.9 Å². The van der Waals surface area contributed by atoms with Crippen molar-refractivity contribution in [2.75, 3.05) is 5.32 Å². The van der Waals surface area contributed by atoms with Crippen molar-refractivity contribution in [3.63, 3.8) is 0 Å². The number of hydrogen-bond donors (Lipinski definition) is 2. The molecule has 0 fully saturated rings. The van der Waals surface area contributed by atoms with Crippen LogP contribution < -0.4 is 5.32 Å². The lowest BCUT2D eigenvalue weighted by molar-refractivity contribution is 0.0697. The van der Waals surface area contributed by atoms with Crippen molar-refractivity contribution in [1.82, 2.24) is 4.98 Å². The Morgan fingerprint density at radius 1 is 1.16 bits per heavy atom. The molecule has 0 unspecified atom stereocenters. The molecular formula is C14H10N2O3. The zero-order chi connectivity index (χ0) is 13.2. The van der Waals surface area contributed by atoms with E-state index in [4.69, 9.17) is 9.52 Å². The molecular weight excluding hydrogens is 244 g/mol. The lowest BCUT2D eigenvalue weighted by Crippen LogP contribution is -1.97. The van der Waals surface area contributed by atoms with Gasteiger partial charge in [-0.1, -0.05) is 0 Å². The Morgan fingerprint density at radius 2 is 1.95 bits per heavy atom. The largest absolute Gasteiger partial charge is 0.478 e. The van der Waals surface area contributed by atoms with E-state index in [1.807, 2.05) is 6.07 Å². The third kappa shape index (κ3) is 2.13. The second kappa shape index (κ2) is 4.45. The van der Waals surface area contributed by atoms with Crippen LogP contribution >= 0.6 is 0 Å². The van der Waals surface area contributed by atoms with Crippen molar-refractivity contribution in [3.05, 3.63) is 54.4 Å². The highest BCUT2D eigenvalue weighted by atomic mass is 16.4. The quantitative estimate of drug-likeness (QED) is 0.750. The van der Waals surface area contributed by atoms with Crippen LogP contribution in [0.1, 0.15) is 10.4 Å². The number of hydrogen-bond acceptors (Lipinski definition) is 4. The van der Waals surface area contributed by atoms with Crippen molar-refractivity contribution in [1.29, 1.82) is 0 Å². The molecule has 0 aliphatic carbocycles. The van der Waals surface area contributed by atoms with E-state index in [1.54, 1.807) is 42.8 Å². The number of fused-ring (bicyclic) bond motifs is 1. The van der Waals surface area contributed by atoms with Gasteiger partial charge in [-0.25, -0.2) is 9.78 Å². The maximum atomic E-state index is 10.8. The molecule has 0 amide bonds.